The Morgan fingerprint density at radius 3 is 2.73 bits per heavy atom. The van der Waals surface area contributed by atoms with E-state index in [0.29, 0.717) is 19.0 Å². The van der Waals surface area contributed by atoms with E-state index in [1.54, 1.807) is 12.4 Å². The highest BCUT2D eigenvalue weighted by atomic mass is 16.5. The topological polar surface area (TPSA) is 66.9 Å². The molecule has 26 heavy (non-hydrogen) atoms. The Labute approximate surface area is 151 Å². The summed E-state index contributed by atoms with van der Waals surface area (Å²) >= 11 is 0. The van der Waals surface area contributed by atoms with Crippen LogP contribution in [-0.2, 0) is 0 Å². The van der Waals surface area contributed by atoms with E-state index in [-0.39, 0.29) is 0 Å². The van der Waals surface area contributed by atoms with Gasteiger partial charge >= 0.3 is 0 Å². The number of aromatic amines is 1. The van der Waals surface area contributed by atoms with Gasteiger partial charge in [-0.25, -0.2) is 9.97 Å². The molecule has 0 fully saturated rings. The van der Waals surface area contributed by atoms with Gasteiger partial charge in [0.25, 0.3) is 0 Å². The van der Waals surface area contributed by atoms with Crippen molar-refractivity contribution in [3.05, 3.63) is 67.1 Å². The van der Waals surface area contributed by atoms with E-state index in [2.05, 4.69) is 19.9 Å². The van der Waals surface area contributed by atoms with Gasteiger partial charge < -0.3 is 14.6 Å². The molecular weight excluding hydrogens is 326 g/mol. The van der Waals surface area contributed by atoms with Gasteiger partial charge in [0.15, 0.2) is 5.82 Å². The molecule has 0 bridgehead atoms. The van der Waals surface area contributed by atoms with Gasteiger partial charge in [0, 0.05) is 31.2 Å². The molecule has 3 aromatic heterocycles. The van der Waals surface area contributed by atoms with E-state index in [4.69, 9.17) is 9.72 Å². The first-order valence-electron chi connectivity index (χ1n) is 8.46. The fourth-order valence-corrected chi connectivity index (χ4v) is 2.76. The second-order valence-electron chi connectivity index (χ2n) is 5.94. The van der Waals surface area contributed by atoms with E-state index < -0.39 is 0 Å². The normalized spacial score (nSPS) is 10.8. The minimum atomic E-state index is 0.568. The van der Waals surface area contributed by atoms with Gasteiger partial charge in [0.2, 0.25) is 0 Å². The first kappa shape index (κ1) is 16.1. The summed E-state index contributed by atoms with van der Waals surface area (Å²) in [7, 11) is 2.01. The Bertz CT molecular complexity index is 985. The molecule has 6 heteroatoms. The van der Waals surface area contributed by atoms with Crippen LogP contribution in [0.3, 0.4) is 0 Å². The second kappa shape index (κ2) is 7.23. The van der Waals surface area contributed by atoms with Crippen molar-refractivity contribution in [3.8, 4) is 17.1 Å². The average Bonchev–Trinajstić information content (AvgIpc) is 3.17. The number of nitrogens with zero attached hydrogens (tertiary/aromatic N) is 4. The van der Waals surface area contributed by atoms with Gasteiger partial charge in [-0.3, -0.25) is 4.98 Å². The summed E-state index contributed by atoms with van der Waals surface area (Å²) in [5.74, 6) is 2.39. The van der Waals surface area contributed by atoms with Crippen LogP contribution in [0.25, 0.3) is 22.4 Å². The second-order valence-corrected chi connectivity index (χ2v) is 5.94. The summed E-state index contributed by atoms with van der Waals surface area (Å²) < 4.78 is 5.80. The minimum Gasteiger partial charge on any atom is -0.492 e. The first-order chi connectivity index (χ1) is 12.8. The predicted molar refractivity (Wildman–Crippen MR) is 102 cm³/mol. The Morgan fingerprint density at radius 2 is 1.92 bits per heavy atom. The molecule has 0 aliphatic rings. The summed E-state index contributed by atoms with van der Waals surface area (Å²) in [5.41, 5.74) is 1.70. The molecule has 0 spiro atoms. The number of hydrogen-bond donors (Lipinski definition) is 1. The molecular formula is C20H19N5O. The summed E-state index contributed by atoms with van der Waals surface area (Å²) in [6, 6.07) is 15.6. The maximum atomic E-state index is 5.80. The molecule has 1 N–H and O–H groups in total. The fraction of sp³-hybridized carbons (Fsp3) is 0.150. The number of aromatic nitrogens is 4. The van der Waals surface area contributed by atoms with Crippen LogP contribution in [0.1, 0.15) is 0 Å². The average molecular weight is 345 g/mol. The highest BCUT2D eigenvalue weighted by molar-refractivity contribution is 5.89. The quantitative estimate of drug-likeness (QED) is 0.579. The van der Waals surface area contributed by atoms with Crippen LogP contribution < -0.4 is 9.64 Å². The predicted octanol–water partition coefficient (Wildman–Crippen LogP) is 3.54. The lowest BCUT2D eigenvalue weighted by atomic mass is 10.2. The number of likely N-dealkylation sites (N-methyl/N-ethyl adjacent to an activating group) is 1. The van der Waals surface area contributed by atoms with Crippen molar-refractivity contribution in [2.75, 3.05) is 25.1 Å². The van der Waals surface area contributed by atoms with Crippen LogP contribution in [0.4, 0.5) is 5.82 Å². The maximum Gasteiger partial charge on any atom is 0.165 e. The van der Waals surface area contributed by atoms with Crippen molar-refractivity contribution >= 4 is 16.9 Å². The lowest BCUT2D eigenvalue weighted by Crippen LogP contribution is -2.25. The largest absolute Gasteiger partial charge is 0.492 e. The molecule has 3 heterocycles. The van der Waals surface area contributed by atoms with Gasteiger partial charge in [-0.1, -0.05) is 18.2 Å². The Hall–Kier alpha value is -3.41. The standard InChI is InChI=1S/C20H19N5O/c1-25(12-13-26-16-7-3-2-4-8-16)20-17-9-11-22-19(17)23-18(24-20)15-6-5-10-21-14-15/h2-11,14H,12-13H2,1H3,(H,22,23,24). The monoisotopic (exact) mass is 345 g/mol. The Kier molecular flexibility index (Phi) is 4.47. The number of nitrogens with one attached hydrogen (secondary N) is 1. The number of anilines is 1. The zero-order chi connectivity index (χ0) is 17.8. The Morgan fingerprint density at radius 1 is 1.04 bits per heavy atom. The number of benzene rings is 1. The van der Waals surface area contributed by atoms with Gasteiger partial charge in [0.05, 0.1) is 11.9 Å². The van der Waals surface area contributed by atoms with Crippen LogP contribution in [0.15, 0.2) is 67.1 Å². The molecule has 0 saturated heterocycles. The van der Waals surface area contributed by atoms with E-state index >= 15 is 0 Å². The number of ether oxygens (including phenoxy) is 1. The van der Waals surface area contributed by atoms with E-state index in [0.717, 1.165) is 28.2 Å². The summed E-state index contributed by atoms with van der Waals surface area (Å²) in [6.07, 6.45) is 5.39. The van der Waals surface area contributed by atoms with E-state index in [9.17, 15) is 0 Å². The number of fused-ring (bicyclic) bond motifs is 1. The summed E-state index contributed by atoms with van der Waals surface area (Å²) in [6.45, 7) is 1.28. The third-order valence-corrected chi connectivity index (χ3v) is 4.12. The third-order valence-electron chi connectivity index (χ3n) is 4.12. The lowest BCUT2D eigenvalue weighted by molar-refractivity contribution is 0.326. The van der Waals surface area contributed by atoms with Gasteiger partial charge in [-0.15, -0.1) is 0 Å². The molecule has 0 amide bonds. The highest BCUT2D eigenvalue weighted by Crippen LogP contribution is 2.26. The molecule has 0 aliphatic carbocycles. The molecule has 0 atom stereocenters. The fourth-order valence-electron chi connectivity index (χ4n) is 2.76. The minimum absolute atomic E-state index is 0.568. The van der Waals surface area contributed by atoms with Crippen LogP contribution in [0.5, 0.6) is 5.75 Å². The van der Waals surface area contributed by atoms with Crippen molar-refractivity contribution in [1.29, 1.82) is 0 Å². The highest BCUT2D eigenvalue weighted by Gasteiger charge is 2.14. The molecule has 0 saturated carbocycles. The zero-order valence-corrected chi connectivity index (χ0v) is 14.5. The van der Waals surface area contributed by atoms with Crippen molar-refractivity contribution in [2.24, 2.45) is 0 Å². The van der Waals surface area contributed by atoms with Gasteiger partial charge in [-0.2, -0.15) is 0 Å². The Balaban J connectivity index is 1.57. The van der Waals surface area contributed by atoms with Crippen molar-refractivity contribution in [2.45, 2.75) is 0 Å². The SMILES string of the molecule is CN(CCOc1ccccc1)c1nc(-c2cccnc2)nc2[nH]ccc12. The third kappa shape index (κ3) is 3.35. The van der Waals surface area contributed by atoms with Crippen LogP contribution in [-0.4, -0.2) is 40.1 Å². The molecule has 130 valence electrons. The molecule has 4 aromatic rings. The summed E-state index contributed by atoms with van der Waals surface area (Å²) in [5, 5.41) is 0.986. The molecule has 0 radical (unpaired) electrons. The van der Waals surface area contributed by atoms with Gasteiger partial charge in [0.1, 0.15) is 23.8 Å². The van der Waals surface area contributed by atoms with E-state index in [1.165, 1.54) is 0 Å². The number of hydrogen-bond acceptors (Lipinski definition) is 5. The van der Waals surface area contributed by atoms with Gasteiger partial charge in [-0.05, 0) is 30.3 Å². The van der Waals surface area contributed by atoms with Crippen molar-refractivity contribution in [3.63, 3.8) is 0 Å². The lowest BCUT2D eigenvalue weighted by Gasteiger charge is -2.20. The first-order valence-corrected chi connectivity index (χ1v) is 8.46. The van der Waals surface area contributed by atoms with E-state index in [1.807, 2.05) is 61.8 Å². The molecule has 6 nitrogen and oxygen atoms in total. The van der Waals surface area contributed by atoms with Crippen LogP contribution in [0.2, 0.25) is 0 Å². The maximum absolute atomic E-state index is 5.80. The summed E-state index contributed by atoms with van der Waals surface area (Å²) in [4.78, 5) is 18.8. The molecule has 4 rings (SSSR count). The van der Waals surface area contributed by atoms with Crippen LogP contribution in [0, 0.1) is 0 Å². The zero-order valence-electron chi connectivity index (χ0n) is 14.5. The molecule has 0 aliphatic heterocycles. The number of para-hydroxylation sites is 1. The number of H-pyrrole nitrogens is 1. The number of pyridine rings is 1. The van der Waals surface area contributed by atoms with Crippen molar-refractivity contribution in [1.82, 2.24) is 19.9 Å². The molecule has 0 unspecified atom stereocenters. The number of rotatable bonds is 6. The molecule has 1 aromatic carbocycles. The van der Waals surface area contributed by atoms with Crippen LogP contribution >= 0.6 is 0 Å². The van der Waals surface area contributed by atoms with Crippen molar-refractivity contribution < 1.29 is 4.74 Å². The smallest absolute Gasteiger partial charge is 0.165 e.